The van der Waals surface area contributed by atoms with Gasteiger partial charge in [0.1, 0.15) is 15.5 Å². The highest BCUT2D eigenvalue weighted by atomic mass is 32.2. The van der Waals surface area contributed by atoms with Crippen molar-refractivity contribution in [1.82, 2.24) is 9.97 Å². The molecule has 3 aromatic rings. The summed E-state index contributed by atoms with van der Waals surface area (Å²) in [6, 6.07) is 8.27. The number of hydrogen-bond donors (Lipinski definition) is 1. The third kappa shape index (κ3) is 4.09. The number of hydrogen-bond acceptors (Lipinski definition) is 6. The number of thiophene rings is 1. The zero-order valence-electron chi connectivity index (χ0n) is 15.8. The Labute approximate surface area is 166 Å². The van der Waals surface area contributed by atoms with Gasteiger partial charge in [-0.25, -0.2) is 9.78 Å². The topological polar surface area (TPSA) is 72.0 Å². The Kier molecular flexibility index (Phi) is 6.01. The number of aryl methyl sites for hydroxylation is 2. The number of ether oxygens (including phenoxy) is 1. The molecule has 1 aromatic carbocycles. The molecule has 0 amide bonds. The molecular formula is C20H22N2O3S2. The van der Waals surface area contributed by atoms with Gasteiger partial charge in [-0.05, 0) is 44.4 Å². The molecule has 1 N–H and O–H groups in total. The first-order valence-corrected chi connectivity index (χ1v) is 10.7. The van der Waals surface area contributed by atoms with Gasteiger partial charge in [-0.2, -0.15) is 0 Å². The predicted molar refractivity (Wildman–Crippen MR) is 112 cm³/mol. The molecule has 142 valence electrons. The van der Waals surface area contributed by atoms with Gasteiger partial charge in [0.25, 0.3) is 5.56 Å². The third-order valence-electron chi connectivity index (χ3n) is 4.41. The zero-order valence-corrected chi connectivity index (χ0v) is 17.4. The Bertz CT molecular complexity index is 1040. The molecule has 5 nitrogen and oxygen atoms in total. The molecule has 0 fully saturated rings. The molecule has 0 aliphatic rings. The van der Waals surface area contributed by atoms with Crippen LogP contribution < -0.4 is 5.56 Å². The molecule has 7 heteroatoms. The van der Waals surface area contributed by atoms with E-state index in [4.69, 9.17) is 4.74 Å². The number of thioether (sulfide) groups is 1. The Hall–Kier alpha value is -2.12. The summed E-state index contributed by atoms with van der Waals surface area (Å²) >= 11 is 2.94. The molecule has 2 aromatic heterocycles. The Balaban J connectivity index is 1.88. The van der Waals surface area contributed by atoms with E-state index in [1.807, 2.05) is 19.1 Å². The number of nitrogens with one attached hydrogen (secondary N) is 1. The lowest BCUT2D eigenvalue weighted by Gasteiger charge is -2.12. The van der Waals surface area contributed by atoms with Crippen LogP contribution in [0.15, 0.2) is 29.1 Å². The molecule has 0 radical (unpaired) electrons. The van der Waals surface area contributed by atoms with Crippen LogP contribution >= 0.6 is 23.1 Å². The fourth-order valence-electron chi connectivity index (χ4n) is 2.81. The minimum absolute atomic E-state index is 0.0233. The van der Waals surface area contributed by atoms with E-state index in [1.54, 1.807) is 25.6 Å². The number of aromatic amines is 1. The first kappa shape index (κ1) is 19.6. The maximum atomic E-state index is 12.6. The van der Waals surface area contributed by atoms with Crippen molar-refractivity contribution < 1.29 is 9.53 Å². The van der Waals surface area contributed by atoms with E-state index in [-0.39, 0.29) is 10.8 Å². The highest BCUT2D eigenvalue weighted by Gasteiger charge is 2.21. The summed E-state index contributed by atoms with van der Waals surface area (Å²) in [6.45, 7) is 7.95. The van der Waals surface area contributed by atoms with Crippen LogP contribution in [-0.4, -0.2) is 22.5 Å². The van der Waals surface area contributed by atoms with Crippen molar-refractivity contribution >= 4 is 39.3 Å². The van der Waals surface area contributed by atoms with E-state index in [0.717, 1.165) is 5.75 Å². The average Bonchev–Trinajstić information content (AvgIpc) is 2.98. The molecule has 3 rings (SSSR count). The van der Waals surface area contributed by atoms with Gasteiger partial charge in [-0.15, -0.1) is 23.1 Å². The van der Waals surface area contributed by atoms with E-state index in [0.29, 0.717) is 33.1 Å². The minimum Gasteiger partial charge on any atom is -0.462 e. The van der Waals surface area contributed by atoms with Crippen molar-refractivity contribution in [2.45, 2.75) is 38.7 Å². The van der Waals surface area contributed by atoms with Gasteiger partial charge in [-0.3, -0.25) is 4.79 Å². The lowest BCUT2D eigenvalue weighted by Crippen LogP contribution is -2.13. The number of aromatic nitrogens is 2. The van der Waals surface area contributed by atoms with Crippen molar-refractivity contribution in [1.29, 1.82) is 0 Å². The van der Waals surface area contributed by atoms with E-state index >= 15 is 0 Å². The first-order chi connectivity index (χ1) is 12.9. The number of nitrogens with zero attached hydrogens (tertiary/aromatic N) is 1. The van der Waals surface area contributed by atoms with Crippen LogP contribution in [0.3, 0.4) is 0 Å². The van der Waals surface area contributed by atoms with E-state index in [2.05, 4.69) is 29.0 Å². The summed E-state index contributed by atoms with van der Waals surface area (Å²) in [5.41, 5.74) is 2.95. The maximum Gasteiger partial charge on any atom is 0.348 e. The molecule has 0 spiro atoms. The standard InChI is InChI=1S/C20H22N2O3S2/c1-5-25-20(24)16-12(3)15-18(23)21-17(22-19(15)27-16)13(4)26-10-14-9-7-6-8-11(14)2/h6-9,13H,5,10H2,1-4H3,(H,21,22,23)/t13-/m1/s1. The average molecular weight is 403 g/mol. The van der Waals surface area contributed by atoms with Gasteiger partial charge in [0.05, 0.1) is 17.2 Å². The number of carbonyl (C=O) groups excluding carboxylic acids is 1. The number of H-pyrrole nitrogens is 1. The smallest absolute Gasteiger partial charge is 0.348 e. The molecular weight excluding hydrogens is 380 g/mol. The highest BCUT2D eigenvalue weighted by molar-refractivity contribution is 7.98. The second-order valence-corrected chi connectivity index (χ2v) is 8.62. The van der Waals surface area contributed by atoms with E-state index in [9.17, 15) is 9.59 Å². The Morgan fingerprint density at radius 1 is 1.33 bits per heavy atom. The van der Waals surface area contributed by atoms with Gasteiger partial charge < -0.3 is 9.72 Å². The summed E-state index contributed by atoms with van der Waals surface area (Å²) in [5, 5.41) is 0.498. The molecule has 0 unspecified atom stereocenters. The van der Waals surface area contributed by atoms with Crippen molar-refractivity contribution in [2.24, 2.45) is 0 Å². The summed E-state index contributed by atoms with van der Waals surface area (Å²) in [6.07, 6.45) is 0. The van der Waals surface area contributed by atoms with Crippen LogP contribution in [0.2, 0.25) is 0 Å². The normalized spacial score (nSPS) is 12.3. The second-order valence-electron chi connectivity index (χ2n) is 6.29. The number of benzene rings is 1. The predicted octanol–water partition coefficient (Wildman–Crippen LogP) is 4.77. The van der Waals surface area contributed by atoms with Crippen LogP contribution in [-0.2, 0) is 10.5 Å². The first-order valence-electron chi connectivity index (χ1n) is 8.78. The minimum atomic E-state index is -0.402. The Morgan fingerprint density at radius 2 is 2.07 bits per heavy atom. The van der Waals surface area contributed by atoms with Gasteiger partial charge in [0, 0.05) is 5.75 Å². The van der Waals surface area contributed by atoms with E-state index in [1.165, 1.54) is 22.5 Å². The molecule has 1 atom stereocenters. The number of rotatable bonds is 6. The van der Waals surface area contributed by atoms with Crippen molar-refractivity contribution in [3.05, 3.63) is 62.0 Å². The Morgan fingerprint density at radius 3 is 2.78 bits per heavy atom. The van der Waals surface area contributed by atoms with Crippen molar-refractivity contribution in [3.63, 3.8) is 0 Å². The quantitative estimate of drug-likeness (QED) is 0.601. The summed E-state index contributed by atoms with van der Waals surface area (Å²) in [7, 11) is 0. The molecule has 0 saturated heterocycles. The van der Waals surface area contributed by atoms with Gasteiger partial charge in [0.15, 0.2) is 0 Å². The summed E-state index contributed by atoms with van der Waals surface area (Å²) < 4.78 is 5.08. The maximum absolute atomic E-state index is 12.6. The lowest BCUT2D eigenvalue weighted by atomic mass is 10.1. The number of fused-ring (bicyclic) bond motifs is 1. The fraction of sp³-hybridized carbons (Fsp3) is 0.350. The fourth-order valence-corrected chi connectivity index (χ4v) is 4.92. The zero-order chi connectivity index (χ0) is 19.6. The van der Waals surface area contributed by atoms with Crippen molar-refractivity contribution in [2.75, 3.05) is 6.61 Å². The molecule has 27 heavy (non-hydrogen) atoms. The third-order valence-corrected chi connectivity index (χ3v) is 6.78. The molecule has 0 saturated carbocycles. The molecule has 0 bridgehead atoms. The van der Waals surface area contributed by atoms with Crippen molar-refractivity contribution in [3.8, 4) is 0 Å². The highest BCUT2D eigenvalue weighted by Crippen LogP contribution is 2.32. The molecule has 0 aliphatic carbocycles. The van der Waals surface area contributed by atoms with Gasteiger partial charge in [-0.1, -0.05) is 24.3 Å². The van der Waals surface area contributed by atoms with Crippen LogP contribution in [0.25, 0.3) is 10.2 Å². The van der Waals surface area contributed by atoms with Crippen LogP contribution in [0.1, 0.15) is 51.3 Å². The summed E-state index contributed by atoms with van der Waals surface area (Å²) in [5.74, 6) is 1.07. The van der Waals surface area contributed by atoms with Crippen LogP contribution in [0.4, 0.5) is 0 Å². The van der Waals surface area contributed by atoms with E-state index < -0.39 is 5.97 Å². The monoisotopic (exact) mass is 402 g/mol. The number of esters is 1. The second kappa shape index (κ2) is 8.27. The lowest BCUT2D eigenvalue weighted by molar-refractivity contribution is 0.0531. The SMILES string of the molecule is CCOC(=O)c1sc2nc([C@@H](C)SCc3ccccc3C)[nH]c(=O)c2c1C. The van der Waals surface area contributed by atoms with Crippen LogP contribution in [0, 0.1) is 13.8 Å². The molecule has 2 heterocycles. The van der Waals surface area contributed by atoms with Crippen LogP contribution in [0.5, 0.6) is 0 Å². The van der Waals surface area contributed by atoms with Gasteiger partial charge >= 0.3 is 5.97 Å². The molecule has 0 aliphatic heterocycles. The van der Waals surface area contributed by atoms with Gasteiger partial charge in [0.2, 0.25) is 0 Å². The number of carbonyl (C=O) groups is 1. The summed E-state index contributed by atoms with van der Waals surface area (Å²) in [4.78, 5) is 33.2. The largest absolute Gasteiger partial charge is 0.462 e.